The summed E-state index contributed by atoms with van der Waals surface area (Å²) in [6.07, 6.45) is 3.95. The maximum Gasteiger partial charge on any atom is 0.181 e. The number of carbonyl (C=O) groups excluding carboxylic acids is 1. The van der Waals surface area contributed by atoms with Crippen molar-refractivity contribution in [3.05, 3.63) is 71.2 Å². The highest BCUT2D eigenvalue weighted by atomic mass is 16.1. The Bertz CT molecular complexity index is 883. The van der Waals surface area contributed by atoms with Crippen molar-refractivity contribution in [2.24, 2.45) is 0 Å². The topological polar surface area (TPSA) is 34.4 Å². The van der Waals surface area contributed by atoms with Crippen LogP contribution in [0.1, 0.15) is 61.4 Å². The number of carbonyl (C=O) groups is 1. The molecule has 0 spiro atoms. The van der Waals surface area contributed by atoms with Crippen LogP contribution in [0.15, 0.2) is 48.7 Å². The summed E-state index contributed by atoms with van der Waals surface area (Å²) < 4.78 is 1.92. The number of hydrogen-bond donors (Lipinski definition) is 0. The van der Waals surface area contributed by atoms with Gasteiger partial charge in [-0.2, -0.15) is 0 Å². The van der Waals surface area contributed by atoms with Crippen LogP contribution >= 0.6 is 0 Å². The van der Waals surface area contributed by atoms with E-state index in [1.807, 2.05) is 35.7 Å². The molecule has 3 nitrogen and oxygen atoms in total. The van der Waals surface area contributed by atoms with E-state index < -0.39 is 0 Å². The number of pyridine rings is 1. The molecule has 3 aromatic rings. The number of ketones is 1. The third-order valence-electron chi connectivity index (χ3n) is 4.66. The third-order valence-corrected chi connectivity index (χ3v) is 4.66. The van der Waals surface area contributed by atoms with Gasteiger partial charge in [-0.15, -0.1) is 0 Å². The lowest BCUT2D eigenvalue weighted by molar-refractivity contribution is 0.0976. The van der Waals surface area contributed by atoms with E-state index in [0.717, 1.165) is 29.9 Å². The van der Waals surface area contributed by atoms with Crippen molar-refractivity contribution >= 4 is 11.4 Å². The molecule has 2 aromatic heterocycles. The molecule has 25 heavy (non-hydrogen) atoms. The Morgan fingerprint density at radius 1 is 1.08 bits per heavy atom. The Kier molecular flexibility index (Phi) is 4.76. The molecule has 0 unspecified atom stereocenters. The van der Waals surface area contributed by atoms with Gasteiger partial charge in [-0.1, -0.05) is 58.0 Å². The quantitative estimate of drug-likeness (QED) is 0.615. The van der Waals surface area contributed by atoms with Crippen molar-refractivity contribution in [1.29, 1.82) is 0 Å². The second kappa shape index (κ2) is 6.83. The zero-order chi connectivity index (χ0) is 18.0. The molecule has 0 fully saturated rings. The van der Waals surface area contributed by atoms with Gasteiger partial charge in [-0.25, -0.2) is 4.98 Å². The number of benzene rings is 1. The fraction of sp³-hybridized carbons (Fsp3) is 0.364. The van der Waals surface area contributed by atoms with E-state index in [4.69, 9.17) is 0 Å². The molecule has 0 saturated carbocycles. The van der Waals surface area contributed by atoms with Crippen LogP contribution in [0.5, 0.6) is 0 Å². The van der Waals surface area contributed by atoms with E-state index in [9.17, 15) is 4.79 Å². The maximum atomic E-state index is 12.8. The van der Waals surface area contributed by atoms with Crippen LogP contribution in [0.4, 0.5) is 0 Å². The van der Waals surface area contributed by atoms with Crippen molar-refractivity contribution in [2.75, 3.05) is 0 Å². The second-order valence-corrected chi connectivity index (χ2v) is 7.56. The minimum atomic E-state index is 0.154. The minimum absolute atomic E-state index is 0.154. The first-order chi connectivity index (χ1) is 11.9. The number of fused-ring (bicyclic) bond motifs is 1. The molecular formula is C22H26N2O. The molecule has 0 atom stereocenters. The average molecular weight is 334 g/mol. The number of aryl methyl sites for hydroxylation is 2. The maximum absolute atomic E-state index is 12.8. The predicted octanol–water partition coefficient (Wildman–Crippen LogP) is 5.01. The Morgan fingerprint density at radius 2 is 1.80 bits per heavy atom. The Balaban J connectivity index is 1.77. The van der Waals surface area contributed by atoms with E-state index in [1.54, 1.807) is 0 Å². The first-order valence-electron chi connectivity index (χ1n) is 8.98. The molecule has 0 N–H and O–H groups in total. The van der Waals surface area contributed by atoms with E-state index in [-0.39, 0.29) is 11.2 Å². The van der Waals surface area contributed by atoms with Crippen LogP contribution < -0.4 is 0 Å². The largest absolute Gasteiger partial charge is 0.297 e. The molecule has 130 valence electrons. The smallest absolute Gasteiger partial charge is 0.181 e. The zero-order valence-corrected chi connectivity index (χ0v) is 15.5. The number of imidazole rings is 1. The monoisotopic (exact) mass is 334 g/mol. The van der Waals surface area contributed by atoms with Crippen LogP contribution in [0.25, 0.3) is 5.65 Å². The number of Topliss-reactive ketones (excluding diaryl/α,β-unsaturated/α-hetero) is 1. The van der Waals surface area contributed by atoms with Crippen molar-refractivity contribution < 1.29 is 4.79 Å². The lowest BCUT2D eigenvalue weighted by Gasteiger charge is -2.19. The summed E-state index contributed by atoms with van der Waals surface area (Å²) in [6, 6.07) is 14.5. The highest BCUT2D eigenvalue weighted by Gasteiger charge is 2.18. The number of rotatable bonds is 5. The number of hydrogen-bond acceptors (Lipinski definition) is 2. The summed E-state index contributed by atoms with van der Waals surface area (Å²) in [5.74, 6) is 0.162. The van der Waals surface area contributed by atoms with E-state index in [0.29, 0.717) is 6.42 Å². The van der Waals surface area contributed by atoms with Gasteiger partial charge in [0.2, 0.25) is 0 Å². The van der Waals surface area contributed by atoms with Crippen LogP contribution in [-0.2, 0) is 18.3 Å². The molecule has 0 amide bonds. The van der Waals surface area contributed by atoms with Crippen LogP contribution in [-0.4, -0.2) is 15.2 Å². The minimum Gasteiger partial charge on any atom is -0.297 e. The molecule has 0 aliphatic carbocycles. The standard InChI is InChI=1S/C22H26N2O/c1-5-18-21(24-15-7-6-8-20(24)23-18)19(25)14-11-16-9-12-17(13-10-16)22(2,3)4/h6-10,12-13,15H,5,11,14H2,1-4H3. The first-order valence-corrected chi connectivity index (χ1v) is 8.98. The second-order valence-electron chi connectivity index (χ2n) is 7.56. The molecule has 1 aromatic carbocycles. The number of nitrogens with zero attached hydrogens (tertiary/aromatic N) is 2. The van der Waals surface area contributed by atoms with Gasteiger partial charge in [0.1, 0.15) is 11.3 Å². The van der Waals surface area contributed by atoms with Gasteiger partial charge < -0.3 is 0 Å². The van der Waals surface area contributed by atoms with Crippen LogP contribution in [0.3, 0.4) is 0 Å². The molecule has 0 bridgehead atoms. The molecule has 0 aliphatic rings. The van der Waals surface area contributed by atoms with Crippen LogP contribution in [0.2, 0.25) is 0 Å². The van der Waals surface area contributed by atoms with Gasteiger partial charge in [0.25, 0.3) is 0 Å². The summed E-state index contributed by atoms with van der Waals surface area (Å²) in [5.41, 5.74) is 5.15. The van der Waals surface area contributed by atoms with Gasteiger partial charge >= 0.3 is 0 Å². The van der Waals surface area contributed by atoms with Gasteiger partial charge in [-0.3, -0.25) is 9.20 Å². The Hall–Kier alpha value is -2.42. The van der Waals surface area contributed by atoms with Crippen molar-refractivity contribution in [2.45, 2.75) is 52.4 Å². The first kappa shape index (κ1) is 17.4. The number of aromatic nitrogens is 2. The summed E-state index contributed by atoms with van der Waals surface area (Å²) >= 11 is 0. The summed E-state index contributed by atoms with van der Waals surface area (Å²) in [4.78, 5) is 17.4. The molecule has 3 heteroatoms. The summed E-state index contributed by atoms with van der Waals surface area (Å²) in [7, 11) is 0. The highest BCUT2D eigenvalue weighted by Crippen LogP contribution is 2.23. The summed E-state index contributed by atoms with van der Waals surface area (Å²) in [5, 5.41) is 0. The average Bonchev–Trinajstić information content (AvgIpc) is 2.98. The molecule has 0 radical (unpaired) electrons. The molecule has 2 heterocycles. The molecule has 0 saturated heterocycles. The van der Waals surface area contributed by atoms with Crippen molar-refractivity contribution in [3.63, 3.8) is 0 Å². The van der Waals surface area contributed by atoms with Crippen molar-refractivity contribution in [1.82, 2.24) is 9.38 Å². The zero-order valence-electron chi connectivity index (χ0n) is 15.5. The van der Waals surface area contributed by atoms with Gasteiger partial charge in [0.05, 0.1) is 5.69 Å². The lowest BCUT2D eigenvalue weighted by atomic mass is 9.86. The van der Waals surface area contributed by atoms with E-state index >= 15 is 0 Å². The SMILES string of the molecule is CCc1nc2ccccn2c1C(=O)CCc1ccc(C(C)(C)C)cc1. The predicted molar refractivity (Wildman–Crippen MR) is 102 cm³/mol. The van der Waals surface area contributed by atoms with Gasteiger partial charge in [0, 0.05) is 12.6 Å². The van der Waals surface area contributed by atoms with E-state index in [2.05, 4.69) is 50.0 Å². The third kappa shape index (κ3) is 3.65. The lowest BCUT2D eigenvalue weighted by Crippen LogP contribution is -2.11. The molecule has 3 rings (SSSR count). The van der Waals surface area contributed by atoms with Crippen LogP contribution in [0, 0.1) is 0 Å². The van der Waals surface area contributed by atoms with Crippen molar-refractivity contribution in [3.8, 4) is 0 Å². The van der Waals surface area contributed by atoms with Gasteiger partial charge in [0.15, 0.2) is 5.78 Å². The van der Waals surface area contributed by atoms with Gasteiger partial charge in [-0.05, 0) is 41.5 Å². The fourth-order valence-electron chi connectivity index (χ4n) is 3.13. The highest BCUT2D eigenvalue weighted by molar-refractivity contribution is 5.96. The fourth-order valence-corrected chi connectivity index (χ4v) is 3.13. The Labute approximate surface area is 149 Å². The molecule has 0 aliphatic heterocycles. The van der Waals surface area contributed by atoms with E-state index in [1.165, 1.54) is 11.1 Å². The Morgan fingerprint density at radius 3 is 2.44 bits per heavy atom. The normalized spacial score (nSPS) is 11.8. The summed E-state index contributed by atoms with van der Waals surface area (Å²) in [6.45, 7) is 8.68. The molecular weight excluding hydrogens is 308 g/mol.